The van der Waals surface area contributed by atoms with E-state index in [1.54, 1.807) is 48.5 Å². The van der Waals surface area contributed by atoms with E-state index >= 15 is 0 Å². The molecule has 0 bridgehead atoms. The summed E-state index contributed by atoms with van der Waals surface area (Å²) in [5.41, 5.74) is 1.34. The largest absolute Gasteiger partial charge is 0.445 e. The highest BCUT2D eigenvalue weighted by molar-refractivity contribution is 6.21. The second kappa shape index (κ2) is 10.9. The Labute approximate surface area is 200 Å². The van der Waals surface area contributed by atoms with Gasteiger partial charge in [0.2, 0.25) is 0 Å². The molecule has 0 spiro atoms. The van der Waals surface area contributed by atoms with Crippen LogP contribution in [0, 0.1) is 0 Å². The summed E-state index contributed by atoms with van der Waals surface area (Å²) in [5.74, 6) is -0.914. The molecule has 2 aromatic rings. The maximum atomic E-state index is 12.5. The SMILES string of the molecule is O=C(N[C@H]1[C@H](OCCN2C(=O)c3ccccc3C2=O)O[C@H](CO)[C@@H](O)[C@@H]1O)OCc1ccccc1. The monoisotopic (exact) mass is 486 g/mol. The lowest BCUT2D eigenvalue weighted by molar-refractivity contribution is -0.269. The number of imide groups is 1. The first-order chi connectivity index (χ1) is 16.9. The molecule has 11 heteroatoms. The quantitative estimate of drug-likeness (QED) is 0.378. The van der Waals surface area contributed by atoms with Crippen molar-refractivity contribution >= 4 is 17.9 Å². The van der Waals surface area contributed by atoms with Crippen molar-refractivity contribution in [3.63, 3.8) is 0 Å². The van der Waals surface area contributed by atoms with Gasteiger partial charge in [-0.1, -0.05) is 42.5 Å². The summed E-state index contributed by atoms with van der Waals surface area (Å²) < 4.78 is 16.3. The van der Waals surface area contributed by atoms with E-state index in [0.29, 0.717) is 11.1 Å². The van der Waals surface area contributed by atoms with Gasteiger partial charge >= 0.3 is 6.09 Å². The molecular weight excluding hydrogens is 460 g/mol. The van der Waals surface area contributed by atoms with Crippen LogP contribution in [0.3, 0.4) is 0 Å². The maximum absolute atomic E-state index is 12.5. The molecule has 4 rings (SSSR count). The molecule has 1 fully saturated rings. The lowest BCUT2D eigenvalue weighted by Gasteiger charge is -2.42. The molecular formula is C24H26N2O9. The zero-order chi connectivity index (χ0) is 24.9. The number of hydrogen-bond donors (Lipinski definition) is 4. The lowest BCUT2D eigenvalue weighted by atomic mass is 9.97. The molecule has 11 nitrogen and oxygen atoms in total. The molecule has 2 aliphatic rings. The van der Waals surface area contributed by atoms with Crippen LogP contribution in [0.5, 0.6) is 0 Å². The van der Waals surface area contributed by atoms with Crippen molar-refractivity contribution in [3.05, 3.63) is 71.3 Å². The molecule has 186 valence electrons. The van der Waals surface area contributed by atoms with Crippen molar-refractivity contribution in [2.24, 2.45) is 0 Å². The third-order valence-electron chi connectivity index (χ3n) is 5.85. The van der Waals surface area contributed by atoms with Crippen LogP contribution >= 0.6 is 0 Å². The Morgan fingerprint density at radius 3 is 2.23 bits per heavy atom. The summed E-state index contributed by atoms with van der Waals surface area (Å²) >= 11 is 0. The van der Waals surface area contributed by atoms with Gasteiger partial charge in [-0.3, -0.25) is 14.5 Å². The van der Waals surface area contributed by atoms with Crippen molar-refractivity contribution in [1.82, 2.24) is 10.2 Å². The maximum Gasteiger partial charge on any atom is 0.407 e. The van der Waals surface area contributed by atoms with Crippen molar-refractivity contribution in [1.29, 1.82) is 0 Å². The van der Waals surface area contributed by atoms with Crippen molar-refractivity contribution in [2.45, 2.75) is 37.3 Å². The highest BCUT2D eigenvalue weighted by atomic mass is 16.7. The predicted molar refractivity (Wildman–Crippen MR) is 119 cm³/mol. The Bertz CT molecular complexity index is 1030. The Kier molecular flexibility index (Phi) is 7.73. The van der Waals surface area contributed by atoms with Gasteiger partial charge in [-0.15, -0.1) is 0 Å². The van der Waals surface area contributed by atoms with E-state index in [0.717, 1.165) is 10.5 Å². The van der Waals surface area contributed by atoms with E-state index in [-0.39, 0.29) is 19.8 Å². The smallest absolute Gasteiger partial charge is 0.407 e. The van der Waals surface area contributed by atoms with Gasteiger partial charge in [0.25, 0.3) is 11.8 Å². The number of aliphatic hydroxyl groups is 3. The highest BCUT2D eigenvalue weighted by Crippen LogP contribution is 2.24. The molecule has 2 aliphatic heterocycles. The molecule has 5 atom stereocenters. The number of ether oxygens (including phenoxy) is 3. The van der Waals surface area contributed by atoms with Gasteiger partial charge in [0, 0.05) is 0 Å². The first-order valence-corrected chi connectivity index (χ1v) is 11.1. The van der Waals surface area contributed by atoms with Crippen molar-refractivity contribution < 1.29 is 43.9 Å². The predicted octanol–water partition coefficient (Wildman–Crippen LogP) is 0.0332. The number of carbonyl (C=O) groups excluding carboxylic acids is 3. The average molecular weight is 486 g/mol. The first-order valence-electron chi connectivity index (χ1n) is 11.1. The minimum absolute atomic E-state index is 0.0244. The molecule has 2 aromatic carbocycles. The Morgan fingerprint density at radius 1 is 0.971 bits per heavy atom. The third-order valence-corrected chi connectivity index (χ3v) is 5.85. The second-order valence-electron chi connectivity index (χ2n) is 8.12. The molecule has 2 heterocycles. The van der Waals surface area contributed by atoms with E-state index in [9.17, 15) is 29.7 Å². The van der Waals surface area contributed by atoms with Crippen LogP contribution in [-0.4, -0.2) is 88.5 Å². The summed E-state index contributed by atoms with van der Waals surface area (Å²) in [7, 11) is 0. The fourth-order valence-corrected chi connectivity index (χ4v) is 3.98. The van der Waals surface area contributed by atoms with Gasteiger partial charge in [-0.2, -0.15) is 0 Å². The van der Waals surface area contributed by atoms with Gasteiger partial charge in [0.1, 0.15) is 31.0 Å². The number of hydrogen-bond acceptors (Lipinski definition) is 9. The van der Waals surface area contributed by atoms with E-state index in [1.807, 2.05) is 6.07 Å². The molecule has 0 radical (unpaired) electrons. The number of amides is 3. The van der Waals surface area contributed by atoms with Gasteiger partial charge in [0.05, 0.1) is 30.9 Å². The van der Waals surface area contributed by atoms with Crippen LogP contribution in [0.1, 0.15) is 26.3 Å². The first kappa shape index (κ1) is 24.8. The minimum Gasteiger partial charge on any atom is -0.445 e. The van der Waals surface area contributed by atoms with E-state index in [1.165, 1.54) is 0 Å². The number of rotatable bonds is 8. The Hall–Kier alpha value is -3.35. The van der Waals surface area contributed by atoms with E-state index in [2.05, 4.69) is 5.32 Å². The normalized spacial score (nSPS) is 25.9. The number of nitrogens with zero attached hydrogens (tertiary/aromatic N) is 1. The number of fused-ring (bicyclic) bond motifs is 1. The summed E-state index contributed by atoms with van der Waals surface area (Å²) in [5, 5.41) is 32.7. The third kappa shape index (κ3) is 5.34. The molecule has 0 saturated carbocycles. The molecule has 0 unspecified atom stereocenters. The van der Waals surface area contributed by atoms with E-state index < -0.39 is 55.2 Å². The molecule has 1 saturated heterocycles. The minimum atomic E-state index is -1.55. The number of nitrogens with one attached hydrogen (secondary N) is 1. The molecule has 35 heavy (non-hydrogen) atoms. The van der Waals surface area contributed by atoms with Gasteiger partial charge < -0.3 is 34.8 Å². The zero-order valence-electron chi connectivity index (χ0n) is 18.6. The highest BCUT2D eigenvalue weighted by Gasteiger charge is 2.46. The second-order valence-corrected chi connectivity index (χ2v) is 8.12. The van der Waals surface area contributed by atoms with Crippen LogP contribution in [0.2, 0.25) is 0 Å². The fourth-order valence-electron chi connectivity index (χ4n) is 3.98. The number of benzene rings is 2. The Balaban J connectivity index is 1.37. The summed E-state index contributed by atoms with van der Waals surface area (Å²) in [6, 6.07) is 14.1. The van der Waals surface area contributed by atoms with Crippen molar-refractivity contribution in [2.75, 3.05) is 19.8 Å². The Morgan fingerprint density at radius 2 is 1.60 bits per heavy atom. The summed E-state index contributed by atoms with van der Waals surface area (Å²) in [6.45, 7) is -0.931. The van der Waals surface area contributed by atoms with Gasteiger partial charge in [-0.25, -0.2) is 4.79 Å². The lowest BCUT2D eigenvalue weighted by Crippen LogP contribution is -2.65. The van der Waals surface area contributed by atoms with E-state index in [4.69, 9.17) is 14.2 Å². The topological polar surface area (TPSA) is 155 Å². The van der Waals surface area contributed by atoms with Crippen molar-refractivity contribution in [3.8, 4) is 0 Å². The standard InChI is InChI=1S/C24H26N2O9/c27-12-17-19(28)20(29)18(25-24(32)34-13-14-6-2-1-3-7-14)23(35-17)33-11-10-26-21(30)15-8-4-5-9-16(15)22(26)31/h1-9,17-20,23,27-29H,10-13H2,(H,25,32)/t17-,18-,19-,20-,23-/m1/s1. The molecule has 4 N–H and O–H groups in total. The number of carbonyl (C=O) groups is 3. The molecule has 0 aromatic heterocycles. The zero-order valence-corrected chi connectivity index (χ0v) is 18.6. The van der Waals surface area contributed by atoms with Crippen LogP contribution < -0.4 is 5.32 Å². The van der Waals surface area contributed by atoms with Crippen LogP contribution in [0.15, 0.2) is 54.6 Å². The molecule has 3 amide bonds. The van der Waals surface area contributed by atoms with Crippen LogP contribution in [0.4, 0.5) is 4.79 Å². The average Bonchev–Trinajstić information content (AvgIpc) is 3.12. The number of alkyl carbamates (subject to hydrolysis) is 1. The summed E-state index contributed by atoms with van der Waals surface area (Å²) in [4.78, 5) is 38.4. The van der Waals surface area contributed by atoms with Crippen LogP contribution in [-0.2, 0) is 20.8 Å². The fraction of sp³-hybridized carbons (Fsp3) is 0.375. The molecule has 0 aliphatic carbocycles. The summed E-state index contributed by atoms with van der Waals surface area (Å²) in [6.07, 6.45) is -6.41. The van der Waals surface area contributed by atoms with Gasteiger partial charge in [0.15, 0.2) is 6.29 Å². The van der Waals surface area contributed by atoms with Crippen LogP contribution in [0.25, 0.3) is 0 Å². The number of aliphatic hydroxyl groups excluding tert-OH is 3. The van der Waals surface area contributed by atoms with Gasteiger partial charge in [-0.05, 0) is 17.7 Å².